The first-order valence-corrected chi connectivity index (χ1v) is 13.8. The summed E-state index contributed by atoms with van der Waals surface area (Å²) in [7, 11) is 0. The van der Waals surface area contributed by atoms with Crippen LogP contribution in [0.4, 0.5) is 0 Å². The van der Waals surface area contributed by atoms with Gasteiger partial charge >= 0.3 is 0 Å². The Morgan fingerprint density at radius 3 is 2.31 bits per heavy atom. The lowest BCUT2D eigenvalue weighted by Gasteiger charge is -2.29. The van der Waals surface area contributed by atoms with E-state index in [4.69, 9.17) is 5.73 Å². The molecule has 1 aromatic heterocycles. The summed E-state index contributed by atoms with van der Waals surface area (Å²) in [5, 5.41) is 7.62. The van der Waals surface area contributed by atoms with Crippen LogP contribution in [0.1, 0.15) is 46.8 Å². The zero-order valence-corrected chi connectivity index (χ0v) is 22.2. The molecule has 7 nitrogen and oxygen atoms in total. The van der Waals surface area contributed by atoms with Crippen LogP contribution in [0.3, 0.4) is 0 Å². The summed E-state index contributed by atoms with van der Waals surface area (Å²) in [5.74, 6) is 0.0293. The van der Waals surface area contributed by atoms with Gasteiger partial charge in [0.2, 0.25) is 5.91 Å². The fraction of sp³-hybridized carbons (Fsp3) is 0.312. The first kappa shape index (κ1) is 26.7. The van der Waals surface area contributed by atoms with Crippen molar-refractivity contribution in [1.82, 2.24) is 20.5 Å². The number of nitrogens with one attached hydrogen (secondary N) is 3. The van der Waals surface area contributed by atoms with E-state index in [9.17, 15) is 9.59 Å². The molecule has 39 heavy (non-hydrogen) atoms. The van der Waals surface area contributed by atoms with Crippen LogP contribution in [0.2, 0.25) is 0 Å². The van der Waals surface area contributed by atoms with E-state index < -0.39 is 0 Å². The second kappa shape index (κ2) is 12.7. The van der Waals surface area contributed by atoms with E-state index in [2.05, 4.69) is 39.9 Å². The Balaban J connectivity index is 1.30. The molecule has 202 valence electrons. The Kier molecular flexibility index (Phi) is 8.71. The molecular weight excluding hydrogens is 486 g/mol. The average Bonchev–Trinajstić information content (AvgIpc) is 3.36. The molecule has 0 radical (unpaired) electrons. The predicted molar refractivity (Wildman–Crippen MR) is 156 cm³/mol. The molecule has 2 unspecified atom stereocenters. The Hall–Kier alpha value is -3.94. The molecule has 5 N–H and O–H groups in total. The summed E-state index contributed by atoms with van der Waals surface area (Å²) in [6.45, 7) is 2.19. The fourth-order valence-corrected chi connectivity index (χ4v) is 5.45. The number of fused-ring (bicyclic) bond motifs is 1. The summed E-state index contributed by atoms with van der Waals surface area (Å²) in [4.78, 5) is 31.9. The third kappa shape index (κ3) is 6.56. The number of carbonyl (C=O) groups excluding carboxylic acids is 2. The highest BCUT2D eigenvalue weighted by molar-refractivity contribution is 5.98. The van der Waals surface area contributed by atoms with Crippen LogP contribution in [0, 0.1) is 0 Å². The summed E-state index contributed by atoms with van der Waals surface area (Å²) < 4.78 is 0. The molecule has 7 heteroatoms. The van der Waals surface area contributed by atoms with Crippen molar-refractivity contribution in [3.05, 3.63) is 108 Å². The smallest absolute Gasteiger partial charge is 0.267 e. The predicted octanol–water partition coefficient (Wildman–Crippen LogP) is 4.03. The van der Waals surface area contributed by atoms with Crippen LogP contribution in [-0.2, 0) is 4.79 Å². The third-order valence-corrected chi connectivity index (χ3v) is 7.58. The Morgan fingerprint density at radius 1 is 0.974 bits per heavy atom. The van der Waals surface area contributed by atoms with Crippen molar-refractivity contribution in [2.75, 3.05) is 26.2 Å². The maximum atomic E-state index is 13.8. The van der Waals surface area contributed by atoms with Gasteiger partial charge in [0.15, 0.2) is 0 Å². The second-order valence-corrected chi connectivity index (χ2v) is 10.3. The van der Waals surface area contributed by atoms with Gasteiger partial charge in [-0.3, -0.25) is 9.59 Å². The normalized spacial score (nSPS) is 17.9. The van der Waals surface area contributed by atoms with Gasteiger partial charge in [0.05, 0.1) is 6.04 Å². The summed E-state index contributed by atoms with van der Waals surface area (Å²) in [5.41, 5.74) is 9.66. The van der Waals surface area contributed by atoms with Gasteiger partial charge in [-0.05, 0) is 49.1 Å². The number of aromatic nitrogens is 1. The van der Waals surface area contributed by atoms with Gasteiger partial charge in [0.1, 0.15) is 5.69 Å². The molecule has 3 aromatic carbocycles. The standard InChI is InChI=1S/C32H37N5O2/c33-18-9-16-29-32(39)37(22-27(23-10-3-1-4-11-23)24-12-5-2-6-13-24)19-17-26(35-29)21-34-31(38)30-20-25-14-7-8-15-28(25)36-30/h1-8,10-15,20,26-27,29,35-36H,9,16-19,21-22,33H2,(H,34,38). The van der Waals surface area contributed by atoms with Gasteiger partial charge in [-0.1, -0.05) is 78.9 Å². The third-order valence-electron chi connectivity index (χ3n) is 7.58. The van der Waals surface area contributed by atoms with Gasteiger partial charge in [-0.2, -0.15) is 0 Å². The number of carbonyl (C=O) groups is 2. The number of aromatic amines is 1. The van der Waals surface area contributed by atoms with Crippen molar-refractivity contribution in [3.63, 3.8) is 0 Å². The molecule has 4 aromatic rings. The molecule has 1 aliphatic rings. The van der Waals surface area contributed by atoms with Crippen LogP contribution in [0.15, 0.2) is 91.0 Å². The van der Waals surface area contributed by atoms with E-state index in [1.165, 1.54) is 11.1 Å². The van der Waals surface area contributed by atoms with Gasteiger partial charge < -0.3 is 26.3 Å². The lowest BCUT2D eigenvalue weighted by molar-refractivity contribution is -0.133. The largest absolute Gasteiger partial charge is 0.351 e. The Bertz CT molecular complexity index is 1300. The average molecular weight is 524 g/mol. The van der Waals surface area contributed by atoms with Crippen LogP contribution in [0.5, 0.6) is 0 Å². The van der Waals surface area contributed by atoms with Crippen molar-refractivity contribution >= 4 is 22.7 Å². The highest BCUT2D eigenvalue weighted by atomic mass is 16.2. The lowest BCUT2D eigenvalue weighted by Crippen LogP contribution is -2.49. The summed E-state index contributed by atoms with van der Waals surface area (Å²) in [6.07, 6.45) is 2.17. The van der Waals surface area contributed by atoms with Gasteiger partial charge in [0.25, 0.3) is 5.91 Å². The molecule has 2 heterocycles. The number of nitrogens with zero attached hydrogens (tertiary/aromatic N) is 1. The topological polar surface area (TPSA) is 103 Å². The van der Waals surface area contributed by atoms with Crippen molar-refractivity contribution < 1.29 is 9.59 Å². The van der Waals surface area contributed by atoms with Gasteiger partial charge in [-0.15, -0.1) is 0 Å². The summed E-state index contributed by atoms with van der Waals surface area (Å²) in [6, 6.07) is 30.1. The molecule has 5 rings (SSSR count). The lowest BCUT2D eigenvalue weighted by atomic mass is 9.90. The molecule has 0 bridgehead atoms. The molecule has 0 saturated carbocycles. The first-order valence-electron chi connectivity index (χ1n) is 13.8. The number of hydrogen-bond donors (Lipinski definition) is 4. The number of nitrogens with two attached hydrogens (primary N) is 1. The minimum absolute atomic E-state index is 0.0260. The first-order chi connectivity index (χ1) is 19.1. The summed E-state index contributed by atoms with van der Waals surface area (Å²) >= 11 is 0. The minimum Gasteiger partial charge on any atom is -0.351 e. The number of rotatable bonds is 10. The Morgan fingerprint density at radius 2 is 1.64 bits per heavy atom. The van der Waals surface area contributed by atoms with E-state index in [1.807, 2.05) is 71.6 Å². The quantitative estimate of drug-likeness (QED) is 0.252. The maximum Gasteiger partial charge on any atom is 0.267 e. The minimum atomic E-state index is -0.335. The monoisotopic (exact) mass is 523 g/mol. The number of amides is 2. The van der Waals surface area contributed by atoms with Crippen LogP contribution >= 0.6 is 0 Å². The molecule has 1 fully saturated rings. The fourth-order valence-electron chi connectivity index (χ4n) is 5.45. The number of H-pyrrole nitrogens is 1. The van der Waals surface area contributed by atoms with E-state index in [0.717, 1.165) is 23.7 Å². The van der Waals surface area contributed by atoms with Gasteiger partial charge in [0, 0.05) is 42.5 Å². The maximum absolute atomic E-state index is 13.8. The van der Waals surface area contributed by atoms with Crippen LogP contribution in [0.25, 0.3) is 10.9 Å². The molecule has 2 amide bonds. The van der Waals surface area contributed by atoms with Crippen molar-refractivity contribution in [3.8, 4) is 0 Å². The van der Waals surface area contributed by atoms with Crippen molar-refractivity contribution in [2.45, 2.75) is 37.3 Å². The highest BCUT2D eigenvalue weighted by Crippen LogP contribution is 2.27. The van der Waals surface area contributed by atoms with Crippen molar-refractivity contribution in [1.29, 1.82) is 0 Å². The zero-order valence-electron chi connectivity index (χ0n) is 22.2. The molecule has 0 aliphatic carbocycles. The van der Waals surface area contributed by atoms with Crippen molar-refractivity contribution in [2.24, 2.45) is 5.73 Å². The van der Waals surface area contributed by atoms with Gasteiger partial charge in [-0.25, -0.2) is 0 Å². The number of hydrogen-bond acceptors (Lipinski definition) is 4. The number of benzene rings is 3. The SMILES string of the molecule is NCCCC1NC(CNC(=O)c2cc3ccccc3[nH]2)CCN(CC(c2ccccc2)c2ccccc2)C1=O. The molecule has 0 spiro atoms. The number of para-hydroxylation sites is 1. The molecular formula is C32H37N5O2. The zero-order chi connectivity index (χ0) is 27.0. The second-order valence-electron chi connectivity index (χ2n) is 10.3. The van der Waals surface area contributed by atoms with E-state index in [1.54, 1.807) is 0 Å². The van der Waals surface area contributed by atoms with Crippen LogP contribution < -0.4 is 16.4 Å². The van der Waals surface area contributed by atoms with E-state index in [-0.39, 0.29) is 29.8 Å². The molecule has 1 aliphatic heterocycles. The van der Waals surface area contributed by atoms with Crippen LogP contribution in [-0.4, -0.2) is 60.0 Å². The molecule has 1 saturated heterocycles. The van der Waals surface area contributed by atoms with E-state index >= 15 is 0 Å². The highest BCUT2D eigenvalue weighted by Gasteiger charge is 2.32. The Labute approximate surface area is 229 Å². The molecule has 2 atom stereocenters. The van der Waals surface area contributed by atoms with E-state index in [0.29, 0.717) is 38.3 Å².